The summed E-state index contributed by atoms with van der Waals surface area (Å²) in [4.78, 5) is 46.5. The maximum absolute atomic E-state index is 13.1. The van der Waals surface area contributed by atoms with Crippen molar-refractivity contribution in [2.24, 2.45) is 0 Å². The van der Waals surface area contributed by atoms with Crippen molar-refractivity contribution >= 4 is 40.9 Å². The molecule has 28 heavy (non-hydrogen) atoms. The Bertz CT molecular complexity index is 899. The zero-order chi connectivity index (χ0) is 19.5. The fourth-order valence-corrected chi connectivity index (χ4v) is 4.61. The highest BCUT2D eigenvalue weighted by atomic mass is 32.2. The molecule has 0 aliphatic carbocycles. The highest BCUT2D eigenvalue weighted by Gasteiger charge is 2.41. The van der Waals surface area contributed by atoms with E-state index in [-0.39, 0.29) is 24.3 Å². The summed E-state index contributed by atoms with van der Waals surface area (Å²) in [6, 6.07) is 10.8. The van der Waals surface area contributed by atoms with Gasteiger partial charge in [0.25, 0.3) is 5.91 Å². The van der Waals surface area contributed by atoms with Crippen LogP contribution in [0, 0.1) is 0 Å². The lowest BCUT2D eigenvalue weighted by Crippen LogP contribution is -2.51. The van der Waals surface area contributed by atoms with Crippen molar-refractivity contribution in [3.8, 4) is 0 Å². The molecule has 3 amide bonds. The molecule has 0 unspecified atom stereocenters. The van der Waals surface area contributed by atoms with Gasteiger partial charge in [-0.25, -0.2) is 0 Å². The summed E-state index contributed by atoms with van der Waals surface area (Å²) in [6.07, 6.45) is 5.08. The Morgan fingerprint density at radius 1 is 1.14 bits per heavy atom. The van der Waals surface area contributed by atoms with Crippen LogP contribution in [0.25, 0.3) is 0 Å². The number of amides is 3. The number of benzene rings is 1. The Hall–Kier alpha value is -2.87. The average molecular weight is 396 g/mol. The molecule has 1 saturated heterocycles. The molecule has 7 nitrogen and oxygen atoms in total. The second-order valence-electron chi connectivity index (χ2n) is 6.71. The number of hydrogen-bond acceptors (Lipinski definition) is 5. The van der Waals surface area contributed by atoms with Crippen LogP contribution in [0.2, 0.25) is 0 Å². The Morgan fingerprint density at radius 2 is 1.93 bits per heavy atom. The number of hydrogen-bond donors (Lipinski definition) is 1. The van der Waals surface area contributed by atoms with Gasteiger partial charge in [-0.3, -0.25) is 19.4 Å². The predicted molar refractivity (Wildman–Crippen MR) is 107 cm³/mol. The van der Waals surface area contributed by atoms with E-state index in [1.54, 1.807) is 35.5 Å². The first-order valence-electron chi connectivity index (χ1n) is 9.19. The van der Waals surface area contributed by atoms with Crippen LogP contribution in [0.5, 0.6) is 0 Å². The van der Waals surface area contributed by atoms with E-state index >= 15 is 0 Å². The molecule has 1 aromatic carbocycles. The number of likely N-dealkylation sites (tertiary alicyclic amines) is 1. The van der Waals surface area contributed by atoms with Crippen LogP contribution in [0.15, 0.2) is 53.7 Å². The second kappa shape index (κ2) is 8.02. The van der Waals surface area contributed by atoms with Crippen molar-refractivity contribution in [3.05, 3.63) is 48.8 Å². The molecule has 0 radical (unpaired) electrons. The molecule has 0 bridgehead atoms. The number of carbonyl (C=O) groups excluding carboxylic acids is 3. The van der Waals surface area contributed by atoms with Gasteiger partial charge in [0, 0.05) is 24.2 Å². The SMILES string of the molecule is O=C(CN1C(=O)[C@@H](C(=O)N2CCCC2)Sc2ccccc21)Nc1cccnc1. The van der Waals surface area contributed by atoms with Crippen LogP contribution in [0.1, 0.15) is 12.8 Å². The van der Waals surface area contributed by atoms with Gasteiger partial charge >= 0.3 is 0 Å². The lowest BCUT2D eigenvalue weighted by molar-refractivity contribution is -0.134. The first-order chi connectivity index (χ1) is 13.6. The van der Waals surface area contributed by atoms with Gasteiger partial charge in [0.15, 0.2) is 5.25 Å². The Kier molecular flexibility index (Phi) is 5.29. The number of nitrogens with one attached hydrogen (secondary N) is 1. The fourth-order valence-electron chi connectivity index (χ4n) is 3.42. The molecule has 1 N–H and O–H groups in total. The second-order valence-corrected chi connectivity index (χ2v) is 7.86. The summed E-state index contributed by atoms with van der Waals surface area (Å²) >= 11 is 1.27. The van der Waals surface area contributed by atoms with Crippen LogP contribution in [-0.2, 0) is 14.4 Å². The Balaban J connectivity index is 1.56. The van der Waals surface area contributed by atoms with Crippen LogP contribution < -0.4 is 10.2 Å². The summed E-state index contributed by atoms with van der Waals surface area (Å²) in [6.45, 7) is 1.22. The summed E-state index contributed by atoms with van der Waals surface area (Å²) in [5, 5.41) is 1.89. The molecule has 0 spiro atoms. The minimum absolute atomic E-state index is 0.158. The van der Waals surface area contributed by atoms with E-state index in [0.29, 0.717) is 24.5 Å². The van der Waals surface area contributed by atoms with Crippen LogP contribution in [0.4, 0.5) is 11.4 Å². The summed E-state index contributed by atoms with van der Waals surface area (Å²) in [5.74, 6) is -0.850. The maximum Gasteiger partial charge on any atom is 0.250 e. The molecule has 0 saturated carbocycles. The standard InChI is InChI=1S/C20H20N4O3S/c25-17(22-14-6-5-9-21-12-14)13-24-15-7-1-2-8-16(15)28-18(20(24)27)19(26)23-10-3-4-11-23/h1-2,5-9,12,18H,3-4,10-11,13H2,(H,22,25)/t18-/m1/s1. The van der Waals surface area contributed by atoms with Gasteiger partial charge in [0.2, 0.25) is 11.8 Å². The number of carbonyl (C=O) groups is 3. The lowest BCUT2D eigenvalue weighted by Gasteiger charge is -2.34. The van der Waals surface area contributed by atoms with Crippen LogP contribution in [-0.4, -0.2) is 52.5 Å². The van der Waals surface area contributed by atoms with E-state index in [4.69, 9.17) is 0 Å². The van der Waals surface area contributed by atoms with Gasteiger partial charge < -0.3 is 15.1 Å². The molecule has 2 aliphatic heterocycles. The maximum atomic E-state index is 13.1. The summed E-state index contributed by atoms with van der Waals surface area (Å²) in [7, 11) is 0. The molecule has 8 heteroatoms. The summed E-state index contributed by atoms with van der Waals surface area (Å²) in [5.41, 5.74) is 1.22. The molecular weight excluding hydrogens is 376 g/mol. The molecule has 3 heterocycles. The number of fused-ring (bicyclic) bond motifs is 1. The number of rotatable bonds is 4. The number of aromatic nitrogens is 1. The van der Waals surface area contributed by atoms with Gasteiger partial charge in [-0.1, -0.05) is 12.1 Å². The lowest BCUT2D eigenvalue weighted by atomic mass is 10.2. The van der Waals surface area contributed by atoms with E-state index < -0.39 is 5.25 Å². The van der Waals surface area contributed by atoms with Gasteiger partial charge in [0.05, 0.1) is 17.6 Å². The third kappa shape index (κ3) is 3.73. The summed E-state index contributed by atoms with van der Waals surface area (Å²) < 4.78 is 0. The smallest absolute Gasteiger partial charge is 0.250 e. The minimum atomic E-state index is -0.848. The number of nitrogens with zero attached hydrogens (tertiary/aromatic N) is 3. The Labute approximate surface area is 167 Å². The molecule has 1 aromatic heterocycles. The molecule has 144 valence electrons. The molecule has 1 fully saturated rings. The fraction of sp³-hybridized carbons (Fsp3) is 0.300. The van der Waals surface area contributed by atoms with E-state index in [2.05, 4.69) is 10.3 Å². The number of thioether (sulfide) groups is 1. The zero-order valence-corrected chi connectivity index (χ0v) is 16.0. The highest BCUT2D eigenvalue weighted by Crippen LogP contribution is 2.39. The van der Waals surface area contributed by atoms with Crippen LogP contribution >= 0.6 is 11.8 Å². The van der Waals surface area contributed by atoms with Crippen molar-refractivity contribution in [2.75, 3.05) is 29.9 Å². The van der Waals surface area contributed by atoms with Crippen molar-refractivity contribution in [1.82, 2.24) is 9.88 Å². The van der Waals surface area contributed by atoms with Gasteiger partial charge in [-0.15, -0.1) is 11.8 Å². The van der Waals surface area contributed by atoms with Gasteiger partial charge in [-0.05, 0) is 37.1 Å². The van der Waals surface area contributed by atoms with Crippen molar-refractivity contribution in [3.63, 3.8) is 0 Å². The number of pyridine rings is 1. The van der Waals surface area contributed by atoms with E-state index in [0.717, 1.165) is 17.7 Å². The molecule has 2 aromatic rings. The average Bonchev–Trinajstić information content (AvgIpc) is 3.25. The molecule has 4 rings (SSSR count). The van der Waals surface area contributed by atoms with Crippen molar-refractivity contribution in [2.45, 2.75) is 23.0 Å². The van der Waals surface area contributed by atoms with E-state index in [1.165, 1.54) is 16.7 Å². The normalized spacial score (nSPS) is 18.7. The van der Waals surface area contributed by atoms with Gasteiger partial charge in [-0.2, -0.15) is 0 Å². The first-order valence-corrected chi connectivity index (χ1v) is 10.1. The van der Waals surface area contributed by atoms with Gasteiger partial charge in [0.1, 0.15) is 6.54 Å². The number of para-hydroxylation sites is 1. The first kappa shape index (κ1) is 18.5. The Morgan fingerprint density at radius 3 is 2.68 bits per heavy atom. The molecular formula is C20H20N4O3S. The third-order valence-corrected chi connectivity index (χ3v) is 6.02. The quantitative estimate of drug-likeness (QED) is 0.801. The largest absolute Gasteiger partial charge is 0.341 e. The van der Waals surface area contributed by atoms with E-state index in [1.807, 2.05) is 18.2 Å². The molecule has 2 aliphatic rings. The highest BCUT2D eigenvalue weighted by molar-refractivity contribution is 8.01. The monoisotopic (exact) mass is 396 g/mol. The topological polar surface area (TPSA) is 82.6 Å². The van der Waals surface area contributed by atoms with E-state index in [9.17, 15) is 14.4 Å². The zero-order valence-electron chi connectivity index (χ0n) is 15.2. The van der Waals surface area contributed by atoms with Crippen molar-refractivity contribution < 1.29 is 14.4 Å². The van der Waals surface area contributed by atoms with Crippen LogP contribution in [0.3, 0.4) is 0 Å². The third-order valence-electron chi connectivity index (χ3n) is 4.78. The van der Waals surface area contributed by atoms with Crippen molar-refractivity contribution in [1.29, 1.82) is 0 Å². The predicted octanol–water partition coefficient (Wildman–Crippen LogP) is 2.15. The number of anilines is 2. The minimum Gasteiger partial charge on any atom is -0.341 e. The molecule has 1 atom stereocenters.